The van der Waals surface area contributed by atoms with Gasteiger partial charge in [0.05, 0.1) is 11.1 Å². The number of hydrogen-bond acceptors (Lipinski definition) is 9. The van der Waals surface area contributed by atoms with Crippen LogP contribution in [-0.4, -0.2) is 55.2 Å². The van der Waals surface area contributed by atoms with Crippen LogP contribution in [0.4, 0.5) is 5.82 Å². The fraction of sp³-hybridized carbons (Fsp3) is 0.529. The Morgan fingerprint density at radius 1 is 1.52 bits per heavy atom. The minimum Gasteiger partial charge on any atom is -0.461 e. The minimum atomic E-state index is -1.88. The largest absolute Gasteiger partial charge is 0.461 e. The molecule has 0 aromatic carbocycles. The highest BCUT2D eigenvalue weighted by Crippen LogP contribution is 2.47. The van der Waals surface area contributed by atoms with Crippen molar-refractivity contribution in [3.8, 4) is 6.07 Å². The van der Waals surface area contributed by atoms with E-state index in [0.29, 0.717) is 11.2 Å². The van der Waals surface area contributed by atoms with E-state index in [4.69, 9.17) is 15.2 Å². The molecule has 4 rings (SSSR count). The first-order valence-electron chi connectivity index (χ1n) is 8.52. The second-order valence-electron chi connectivity index (χ2n) is 7.31. The Labute approximate surface area is 154 Å². The first-order chi connectivity index (χ1) is 12.8. The number of rotatable bonds is 4. The molecule has 10 heteroatoms. The molecule has 0 unspecified atom stereocenters. The van der Waals surface area contributed by atoms with E-state index < -0.39 is 41.9 Å². The van der Waals surface area contributed by atoms with Gasteiger partial charge in [-0.1, -0.05) is 0 Å². The van der Waals surface area contributed by atoms with E-state index in [2.05, 4.69) is 10.1 Å². The van der Waals surface area contributed by atoms with E-state index in [-0.39, 0.29) is 5.82 Å². The van der Waals surface area contributed by atoms with Crippen molar-refractivity contribution in [1.82, 2.24) is 14.6 Å². The average molecular weight is 373 g/mol. The molecule has 1 aliphatic heterocycles. The molecule has 2 aromatic heterocycles. The third-order valence-corrected chi connectivity index (χ3v) is 5.35. The van der Waals surface area contributed by atoms with E-state index in [1.807, 2.05) is 6.07 Å². The predicted octanol–water partition coefficient (Wildman–Crippen LogP) is -0.290. The van der Waals surface area contributed by atoms with Crippen LogP contribution in [0.2, 0.25) is 0 Å². The molecule has 10 nitrogen and oxygen atoms in total. The lowest BCUT2D eigenvalue weighted by atomic mass is 9.96. The van der Waals surface area contributed by atoms with Crippen LogP contribution in [0.25, 0.3) is 5.52 Å². The van der Waals surface area contributed by atoms with Gasteiger partial charge in [0.15, 0.2) is 5.82 Å². The molecule has 2 aliphatic rings. The predicted molar refractivity (Wildman–Crippen MR) is 89.9 cm³/mol. The number of ether oxygens (including phenoxy) is 2. The summed E-state index contributed by atoms with van der Waals surface area (Å²) in [7, 11) is 0. The molecule has 1 saturated heterocycles. The number of carbonyl (C=O) groups excluding carboxylic acids is 1. The lowest BCUT2D eigenvalue weighted by Crippen LogP contribution is -2.46. The van der Waals surface area contributed by atoms with E-state index in [0.717, 1.165) is 12.8 Å². The summed E-state index contributed by atoms with van der Waals surface area (Å²) >= 11 is 0. The molecule has 27 heavy (non-hydrogen) atoms. The van der Waals surface area contributed by atoms with E-state index in [9.17, 15) is 20.3 Å². The third kappa shape index (κ3) is 2.63. The van der Waals surface area contributed by atoms with Gasteiger partial charge in [-0.15, -0.1) is 0 Å². The number of nitriles is 1. The standard InChI is InChI=1S/C17H19N5O5/c1-16(4-5-16)15(25)26-7-17(6-18)13(24)11(23)12(27-17)9-2-3-10-14(19)20-8-21-22(9)10/h2-3,8,11-13,23-24H,4-5,7H2,1H3,(H2,19,20,21)/t11-,12-,13-,17+/m0/s1. The third-order valence-electron chi connectivity index (χ3n) is 5.35. The van der Waals surface area contributed by atoms with Gasteiger partial charge in [-0.3, -0.25) is 4.79 Å². The van der Waals surface area contributed by atoms with Crippen molar-refractivity contribution < 1.29 is 24.5 Å². The van der Waals surface area contributed by atoms with Crippen molar-refractivity contribution >= 4 is 17.3 Å². The second-order valence-corrected chi connectivity index (χ2v) is 7.31. The number of carbonyl (C=O) groups is 1. The van der Waals surface area contributed by atoms with Crippen LogP contribution in [0, 0.1) is 16.7 Å². The molecule has 4 atom stereocenters. The molecule has 4 N–H and O–H groups in total. The van der Waals surface area contributed by atoms with Crippen LogP contribution >= 0.6 is 0 Å². The summed E-state index contributed by atoms with van der Waals surface area (Å²) in [5, 5.41) is 34.7. The van der Waals surface area contributed by atoms with Crippen molar-refractivity contribution in [2.45, 2.75) is 43.7 Å². The van der Waals surface area contributed by atoms with Gasteiger partial charge in [0.25, 0.3) is 0 Å². The lowest BCUT2D eigenvalue weighted by Gasteiger charge is -2.24. The van der Waals surface area contributed by atoms with Crippen molar-refractivity contribution in [2.24, 2.45) is 5.41 Å². The maximum atomic E-state index is 12.1. The van der Waals surface area contributed by atoms with Gasteiger partial charge in [0.1, 0.15) is 42.8 Å². The molecule has 142 valence electrons. The molecule has 2 aromatic rings. The van der Waals surface area contributed by atoms with Crippen LogP contribution < -0.4 is 5.73 Å². The summed E-state index contributed by atoms with van der Waals surface area (Å²) in [6.07, 6.45) is -1.37. The molecule has 0 radical (unpaired) electrons. The van der Waals surface area contributed by atoms with E-state index in [1.54, 1.807) is 19.1 Å². The summed E-state index contributed by atoms with van der Waals surface area (Å²) in [5.74, 6) is -0.207. The van der Waals surface area contributed by atoms with Gasteiger partial charge < -0.3 is 25.4 Å². The topological polar surface area (TPSA) is 156 Å². The van der Waals surface area contributed by atoms with Gasteiger partial charge in [-0.2, -0.15) is 10.4 Å². The average Bonchev–Trinajstić information content (AvgIpc) is 3.18. The maximum Gasteiger partial charge on any atom is 0.311 e. The van der Waals surface area contributed by atoms with Crippen molar-refractivity contribution in [2.75, 3.05) is 12.3 Å². The second kappa shape index (κ2) is 5.88. The highest BCUT2D eigenvalue weighted by Gasteiger charge is 2.57. The van der Waals surface area contributed by atoms with Crippen LogP contribution in [-0.2, 0) is 14.3 Å². The maximum absolute atomic E-state index is 12.1. The number of aliphatic hydroxyl groups is 2. The molecule has 0 spiro atoms. The monoisotopic (exact) mass is 373 g/mol. The highest BCUT2D eigenvalue weighted by atomic mass is 16.6. The zero-order chi connectivity index (χ0) is 19.4. The summed E-state index contributed by atoms with van der Waals surface area (Å²) < 4.78 is 12.4. The van der Waals surface area contributed by atoms with Gasteiger partial charge in [-0.25, -0.2) is 9.50 Å². The molecule has 3 heterocycles. The SMILES string of the molecule is CC1(C(=O)OC[C@@]2(C#N)O[C@@H](c3ccc4c(N)ncnn34)[C@H](O)[C@@H]2O)CC1. The number of aromatic nitrogens is 3. The summed E-state index contributed by atoms with van der Waals surface area (Å²) in [6, 6.07) is 5.12. The summed E-state index contributed by atoms with van der Waals surface area (Å²) in [4.78, 5) is 16.0. The first kappa shape index (κ1) is 17.7. The Balaban J connectivity index is 1.61. The molecular formula is C17H19N5O5. The zero-order valence-corrected chi connectivity index (χ0v) is 14.6. The number of hydrogen-bond donors (Lipinski definition) is 3. The van der Waals surface area contributed by atoms with Gasteiger partial charge in [0, 0.05) is 0 Å². The quantitative estimate of drug-likeness (QED) is 0.613. The van der Waals surface area contributed by atoms with E-state index >= 15 is 0 Å². The Kier molecular flexibility index (Phi) is 3.85. The minimum absolute atomic E-state index is 0.238. The number of esters is 1. The zero-order valence-electron chi connectivity index (χ0n) is 14.6. The van der Waals surface area contributed by atoms with Gasteiger partial charge >= 0.3 is 5.97 Å². The number of fused-ring (bicyclic) bond motifs is 1. The fourth-order valence-electron chi connectivity index (χ4n) is 3.21. The smallest absolute Gasteiger partial charge is 0.311 e. The summed E-state index contributed by atoms with van der Waals surface area (Å²) in [6.45, 7) is 1.29. The van der Waals surface area contributed by atoms with Crippen LogP contribution in [0.5, 0.6) is 0 Å². The van der Waals surface area contributed by atoms with Crippen molar-refractivity contribution in [3.63, 3.8) is 0 Å². The Morgan fingerprint density at radius 3 is 2.93 bits per heavy atom. The number of aliphatic hydroxyl groups excluding tert-OH is 2. The molecule has 1 aliphatic carbocycles. The van der Waals surface area contributed by atoms with Gasteiger partial charge in [-0.05, 0) is 31.9 Å². The Morgan fingerprint density at radius 2 is 2.26 bits per heavy atom. The summed E-state index contributed by atoms with van der Waals surface area (Å²) in [5.41, 5.74) is 4.28. The highest BCUT2D eigenvalue weighted by molar-refractivity contribution is 5.79. The molecule has 1 saturated carbocycles. The number of nitrogens with two attached hydrogens (primary N) is 1. The molecule has 2 fully saturated rings. The van der Waals surface area contributed by atoms with E-state index in [1.165, 1.54) is 10.8 Å². The Bertz CT molecular complexity index is 949. The number of nitrogens with zero attached hydrogens (tertiary/aromatic N) is 4. The van der Waals surface area contributed by atoms with Crippen LogP contribution in [0.1, 0.15) is 31.6 Å². The number of nitrogen functional groups attached to an aromatic ring is 1. The first-order valence-corrected chi connectivity index (χ1v) is 8.52. The molecule has 0 bridgehead atoms. The van der Waals surface area contributed by atoms with Crippen LogP contribution in [0.3, 0.4) is 0 Å². The van der Waals surface area contributed by atoms with Crippen LogP contribution in [0.15, 0.2) is 18.5 Å². The number of anilines is 1. The Hall–Kier alpha value is -2.74. The molecular weight excluding hydrogens is 354 g/mol. The molecule has 0 amide bonds. The normalized spacial score (nSPS) is 31.6. The fourth-order valence-corrected chi connectivity index (χ4v) is 3.21. The van der Waals surface area contributed by atoms with Crippen molar-refractivity contribution in [1.29, 1.82) is 5.26 Å². The van der Waals surface area contributed by atoms with Crippen molar-refractivity contribution in [3.05, 3.63) is 24.2 Å². The lowest BCUT2D eigenvalue weighted by molar-refractivity contribution is -0.160. The van der Waals surface area contributed by atoms with Gasteiger partial charge in [0.2, 0.25) is 5.60 Å².